The molecule has 0 amide bonds. The Morgan fingerprint density at radius 2 is 1.95 bits per heavy atom. The number of nitrogens with zero attached hydrogens (tertiary/aromatic N) is 2. The van der Waals surface area contributed by atoms with Crippen LogP contribution in [0, 0.1) is 0 Å². The van der Waals surface area contributed by atoms with Gasteiger partial charge in [-0.1, -0.05) is 11.6 Å². The average Bonchev–Trinajstić information content (AvgIpc) is 2.75. The van der Waals surface area contributed by atoms with Crippen molar-refractivity contribution in [2.24, 2.45) is 0 Å². The molecule has 0 spiro atoms. The summed E-state index contributed by atoms with van der Waals surface area (Å²) in [6, 6.07) is 3.98. The van der Waals surface area contributed by atoms with E-state index >= 15 is 0 Å². The first-order valence-corrected chi connectivity index (χ1v) is 8.09. The van der Waals surface area contributed by atoms with Crippen LogP contribution in [0.5, 0.6) is 0 Å². The summed E-state index contributed by atoms with van der Waals surface area (Å²) < 4.78 is 5.89. The number of nitrogens with one attached hydrogen (secondary N) is 1. The normalized spacial score (nSPS) is 25.4. The molecule has 1 aromatic rings. The van der Waals surface area contributed by atoms with Crippen molar-refractivity contribution in [2.45, 2.75) is 57.9 Å². The quantitative estimate of drug-likeness (QED) is 0.931. The minimum absolute atomic E-state index is 0.0546. The van der Waals surface area contributed by atoms with E-state index in [4.69, 9.17) is 21.3 Å². The number of hydrogen-bond acceptors (Lipinski definition) is 4. The third-order valence-electron chi connectivity index (χ3n) is 4.06. The number of anilines is 1. The molecule has 4 nitrogen and oxygen atoms in total. The highest BCUT2D eigenvalue weighted by molar-refractivity contribution is 6.31. The number of ether oxygens (including phenoxy) is 1. The molecule has 3 rings (SSSR count). The highest BCUT2D eigenvalue weighted by atomic mass is 35.5. The van der Waals surface area contributed by atoms with Crippen LogP contribution >= 0.6 is 11.6 Å². The van der Waals surface area contributed by atoms with Crippen LogP contribution in [0.1, 0.15) is 39.3 Å². The van der Waals surface area contributed by atoms with Crippen LogP contribution in [0.3, 0.4) is 0 Å². The predicted molar refractivity (Wildman–Crippen MR) is 85.9 cm³/mol. The Bertz CT molecular complexity index is 503. The van der Waals surface area contributed by atoms with Gasteiger partial charge in [-0.15, -0.1) is 0 Å². The van der Waals surface area contributed by atoms with Crippen molar-refractivity contribution in [1.29, 1.82) is 0 Å². The molecule has 0 aromatic carbocycles. The lowest BCUT2D eigenvalue weighted by Gasteiger charge is -2.33. The van der Waals surface area contributed by atoms with Gasteiger partial charge in [-0.25, -0.2) is 4.98 Å². The summed E-state index contributed by atoms with van der Waals surface area (Å²) in [6.07, 6.45) is 3.09. The molecule has 0 aliphatic carbocycles. The zero-order valence-corrected chi connectivity index (χ0v) is 13.8. The third-order valence-corrected chi connectivity index (χ3v) is 4.40. The summed E-state index contributed by atoms with van der Waals surface area (Å²) in [7, 11) is 0. The van der Waals surface area contributed by atoms with Gasteiger partial charge < -0.3 is 15.0 Å². The monoisotopic (exact) mass is 309 g/mol. The molecule has 2 atom stereocenters. The summed E-state index contributed by atoms with van der Waals surface area (Å²) in [6.45, 7) is 9.00. The van der Waals surface area contributed by atoms with E-state index in [0.717, 1.165) is 29.6 Å². The first-order chi connectivity index (χ1) is 9.90. The van der Waals surface area contributed by atoms with E-state index in [9.17, 15) is 0 Å². The second-order valence-corrected chi connectivity index (χ2v) is 7.47. The Morgan fingerprint density at radius 3 is 2.57 bits per heavy atom. The molecule has 21 heavy (non-hydrogen) atoms. The number of halogens is 1. The topological polar surface area (TPSA) is 37.4 Å². The summed E-state index contributed by atoms with van der Waals surface area (Å²) in [5.41, 5.74) is 0.974. The molecule has 1 N–H and O–H groups in total. The van der Waals surface area contributed by atoms with E-state index in [1.165, 1.54) is 12.8 Å². The maximum atomic E-state index is 6.29. The van der Waals surface area contributed by atoms with Crippen LogP contribution in [-0.4, -0.2) is 35.8 Å². The third kappa shape index (κ3) is 3.68. The van der Waals surface area contributed by atoms with Gasteiger partial charge in [0.1, 0.15) is 5.82 Å². The van der Waals surface area contributed by atoms with Gasteiger partial charge >= 0.3 is 0 Å². The molecule has 116 valence electrons. The van der Waals surface area contributed by atoms with E-state index in [1.54, 1.807) is 0 Å². The molecule has 0 radical (unpaired) electrons. The predicted octanol–water partition coefficient (Wildman–Crippen LogP) is 2.99. The standard InChI is InChI=1S/C16H24ClN3O/c1-16(2,3)18-8-14-13(17)6-7-15(19-14)20-9-11-4-5-12(10-20)21-11/h6-7,11-12,18H,4-5,8-10H2,1-3H3. The van der Waals surface area contributed by atoms with Crippen molar-refractivity contribution < 1.29 is 4.74 Å². The summed E-state index contributed by atoms with van der Waals surface area (Å²) in [5.74, 6) is 1.02. The first kappa shape index (κ1) is 15.1. The van der Waals surface area contributed by atoms with Crippen LogP contribution in [0.15, 0.2) is 12.1 Å². The van der Waals surface area contributed by atoms with Crippen LogP contribution in [-0.2, 0) is 11.3 Å². The van der Waals surface area contributed by atoms with Gasteiger partial charge in [-0.3, -0.25) is 0 Å². The Labute approximate surface area is 131 Å². The van der Waals surface area contributed by atoms with E-state index in [2.05, 4.69) is 31.0 Å². The van der Waals surface area contributed by atoms with Crippen molar-refractivity contribution >= 4 is 17.4 Å². The molecule has 2 fully saturated rings. The zero-order chi connectivity index (χ0) is 15.0. The molecular weight excluding hydrogens is 286 g/mol. The van der Waals surface area contributed by atoms with E-state index < -0.39 is 0 Å². The van der Waals surface area contributed by atoms with Gasteiger partial charge in [0.25, 0.3) is 0 Å². The van der Waals surface area contributed by atoms with Crippen molar-refractivity contribution in [3.05, 3.63) is 22.8 Å². The second kappa shape index (κ2) is 5.75. The largest absolute Gasteiger partial charge is 0.371 e. The number of hydrogen-bond donors (Lipinski definition) is 1. The van der Waals surface area contributed by atoms with Gasteiger partial charge in [0.05, 0.1) is 22.9 Å². The van der Waals surface area contributed by atoms with Crippen LogP contribution in [0.2, 0.25) is 5.02 Å². The van der Waals surface area contributed by atoms with E-state index in [1.807, 2.05) is 12.1 Å². The van der Waals surface area contributed by atoms with Crippen molar-refractivity contribution in [3.63, 3.8) is 0 Å². The Kier molecular flexibility index (Phi) is 4.12. The molecule has 2 saturated heterocycles. The fourth-order valence-corrected chi connectivity index (χ4v) is 3.10. The number of rotatable bonds is 3. The number of morpholine rings is 1. The minimum Gasteiger partial charge on any atom is -0.371 e. The lowest BCUT2D eigenvalue weighted by atomic mass is 10.1. The van der Waals surface area contributed by atoms with Crippen molar-refractivity contribution in [1.82, 2.24) is 10.3 Å². The van der Waals surface area contributed by atoms with Crippen LogP contribution in [0.25, 0.3) is 0 Å². The smallest absolute Gasteiger partial charge is 0.129 e. The molecule has 2 bridgehead atoms. The molecule has 2 aliphatic heterocycles. The van der Waals surface area contributed by atoms with E-state index in [0.29, 0.717) is 18.8 Å². The van der Waals surface area contributed by atoms with Crippen molar-refractivity contribution in [3.8, 4) is 0 Å². The van der Waals surface area contributed by atoms with Gasteiger partial charge in [-0.2, -0.15) is 0 Å². The fraction of sp³-hybridized carbons (Fsp3) is 0.688. The van der Waals surface area contributed by atoms with Gasteiger partial charge in [-0.05, 0) is 45.7 Å². The number of aromatic nitrogens is 1. The van der Waals surface area contributed by atoms with Crippen molar-refractivity contribution in [2.75, 3.05) is 18.0 Å². The van der Waals surface area contributed by atoms with Gasteiger partial charge in [0.2, 0.25) is 0 Å². The molecular formula is C16H24ClN3O. The molecule has 3 heterocycles. The molecule has 5 heteroatoms. The zero-order valence-electron chi connectivity index (χ0n) is 13.0. The van der Waals surface area contributed by atoms with E-state index in [-0.39, 0.29) is 5.54 Å². The highest BCUT2D eigenvalue weighted by Gasteiger charge is 2.34. The fourth-order valence-electron chi connectivity index (χ4n) is 2.92. The number of fused-ring (bicyclic) bond motifs is 2. The minimum atomic E-state index is 0.0546. The second-order valence-electron chi connectivity index (χ2n) is 7.06. The van der Waals surface area contributed by atoms with Gasteiger partial charge in [0.15, 0.2) is 0 Å². The lowest BCUT2D eigenvalue weighted by Crippen LogP contribution is -2.43. The maximum absolute atomic E-state index is 6.29. The molecule has 0 saturated carbocycles. The lowest BCUT2D eigenvalue weighted by molar-refractivity contribution is 0.0302. The highest BCUT2D eigenvalue weighted by Crippen LogP contribution is 2.29. The van der Waals surface area contributed by atoms with Crippen LogP contribution in [0.4, 0.5) is 5.82 Å². The SMILES string of the molecule is CC(C)(C)NCc1nc(N2CC3CCC(C2)O3)ccc1Cl. The Balaban J connectivity index is 1.74. The van der Waals surface area contributed by atoms with Gasteiger partial charge in [0, 0.05) is 25.2 Å². The van der Waals surface area contributed by atoms with Crippen LogP contribution < -0.4 is 10.2 Å². The maximum Gasteiger partial charge on any atom is 0.129 e. The Morgan fingerprint density at radius 1 is 1.29 bits per heavy atom. The number of pyridine rings is 1. The molecule has 2 aliphatic rings. The Hall–Kier alpha value is -0.840. The summed E-state index contributed by atoms with van der Waals surface area (Å²) in [5, 5.41) is 4.18. The summed E-state index contributed by atoms with van der Waals surface area (Å²) >= 11 is 6.29. The average molecular weight is 310 g/mol. The first-order valence-electron chi connectivity index (χ1n) is 7.71. The summed E-state index contributed by atoms with van der Waals surface area (Å²) in [4.78, 5) is 7.11. The molecule has 1 aromatic heterocycles. The molecule has 2 unspecified atom stereocenters.